The Morgan fingerprint density at radius 1 is 1.16 bits per heavy atom. The molecular weight excluding hydrogens is 240 g/mol. The van der Waals surface area contributed by atoms with Crippen LogP contribution in [0.1, 0.15) is 19.5 Å². The SMILES string of the molecule is CC(C)NCc1coc(-c2coc3ccccc23)n1. The molecule has 0 saturated heterocycles. The van der Waals surface area contributed by atoms with Crippen LogP contribution in [0.3, 0.4) is 0 Å². The first-order chi connectivity index (χ1) is 9.24. The number of aromatic nitrogens is 1. The number of para-hydroxylation sites is 1. The Hall–Kier alpha value is -2.07. The molecule has 4 nitrogen and oxygen atoms in total. The number of rotatable bonds is 4. The van der Waals surface area contributed by atoms with Crippen LogP contribution in [0.15, 0.2) is 45.6 Å². The second-order valence-corrected chi connectivity index (χ2v) is 4.83. The molecule has 2 aromatic heterocycles. The molecule has 2 heterocycles. The Balaban J connectivity index is 1.90. The summed E-state index contributed by atoms with van der Waals surface area (Å²) in [6.45, 7) is 4.91. The van der Waals surface area contributed by atoms with Crippen LogP contribution in [0.25, 0.3) is 22.4 Å². The zero-order valence-corrected chi connectivity index (χ0v) is 11.0. The standard InChI is InChI=1S/C15H16N2O2/c1-10(2)16-7-11-8-19-15(17-11)13-9-18-14-6-4-3-5-12(13)14/h3-6,8-10,16H,7H2,1-2H3. The Kier molecular flexibility index (Phi) is 3.09. The van der Waals surface area contributed by atoms with E-state index in [9.17, 15) is 0 Å². The van der Waals surface area contributed by atoms with Crippen molar-refractivity contribution in [1.82, 2.24) is 10.3 Å². The minimum atomic E-state index is 0.426. The summed E-state index contributed by atoms with van der Waals surface area (Å²) in [6, 6.07) is 8.29. The minimum absolute atomic E-state index is 0.426. The maximum Gasteiger partial charge on any atom is 0.230 e. The number of fused-ring (bicyclic) bond motifs is 1. The molecule has 19 heavy (non-hydrogen) atoms. The molecule has 1 N–H and O–H groups in total. The fourth-order valence-electron chi connectivity index (χ4n) is 1.96. The summed E-state index contributed by atoms with van der Waals surface area (Å²) in [5, 5.41) is 4.33. The molecule has 3 rings (SSSR count). The molecule has 98 valence electrons. The highest BCUT2D eigenvalue weighted by atomic mass is 16.3. The first kappa shape index (κ1) is 12.0. The molecule has 0 atom stereocenters. The summed E-state index contributed by atoms with van der Waals surface area (Å²) in [7, 11) is 0. The quantitative estimate of drug-likeness (QED) is 0.775. The number of nitrogens with zero attached hydrogens (tertiary/aromatic N) is 1. The molecule has 4 heteroatoms. The second-order valence-electron chi connectivity index (χ2n) is 4.83. The molecule has 0 aliphatic carbocycles. The van der Waals surface area contributed by atoms with E-state index in [0.29, 0.717) is 18.5 Å². The van der Waals surface area contributed by atoms with Crippen LogP contribution in [0.4, 0.5) is 0 Å². The molecular formula is C15H16N2O2. The van der Waals surface area contributed by atoms with Crippen molar-refractivity contribution in [2.45, 2.75) is 26.4 Å². The lowest BCUT2D eigenvalue weighted by Crippen LogP contribution is -2.21. The largest absolute Gasteiger partial charge is 0.463 e. The highest BCUT2D eigenvalue weighted by Gasteiger charge is 2.13. The molecule has 0 unspecified atom stereocenters. The van der Waals surface area contributed by atoms with Crippen LogP contribution in [0.5, 0.6) is 0 Å². The first-order valence-corrected chi connectivity index (χ1v) is 6.38. The van der Waals surface area contributed by atoms with Gasteiger partial charge in [0.15, 0.2) is 0 Å². The van der Waals surface area contributed by atoms with E-state index in [-0.39, 0.29) is 0 Å². The molecule has 0 aliphatic heterocycles. The number of furan rings is 1. The average molecular weight is 256 g/mol. The van der Waals surface area contributed by atoms with E-state index in [2.05, 4.69) is 24.1 Å². The summed E-state index contributed by atoms with van der Waals surface area (Å²) in [6.07, 6.45) is 3.38. The highest BCUT2D eigenvalue weighted by molar-refractivity contribution is 5.91. The number of oxazole rings is 1. The maximum absolute atomic E-state index is 5.54. The van der Waals surface area contributed by atoms with Gasteiger partial charge >= 0.3 is 0 Å². The monoisotopic (exact) mass is 256 g/mol. The highest BCUT2D eigenvalue weighted by Crippen LogP contribution is 2.29. The van der Waals surface area contributed by atoms with Gasteiger partial charge in [-0.2, -0.15) is 0 Å². The summed E-state index contributed by atoms with van der Waals surface area (Å²) in [4.78, 5) is 4.49. The summed E-state index contributed by atoms with van der Waals surface area (Å²) in [5.74, 6) is 0.602. The molecule has 0 aliphatic rings. The number of hydrogen-bond donors (Lipinski definition) is 1. The number of nitrogens with one attached hydrogen (secondary N) is 1. The van der Waals surface area contributed by atoms with Gasteiger partial charge in [0, 0.05) is 18.0 Å². The third-order valence-corrected chi connectivity index (χ3v) is 2.95. The van der Waals surface area contributed by atoms with Gasteiger partial charge in [0.05, 0.1) is 11.3 Å². The summed E-state index contributed by atoms with van der Waals surface area (Å²) < 4.78 is 11.0. The number of hydrogen-bond acceptors (Lipinski definition) is 4. The predicted octanol–water partition coefficient (Wildman–Crippen LogP) is 3.59. The van der Waals surface area contributed by atoms with E-state index >= 15 is 0 Å². The van der Waals surface area contributed by atoms with Crippen molar-refractivity contribution in [1.29, 1.82) is 0 Å². The summed E-state index contributed by atoms with van der Waals surface area (Å²) in [5.41, 5.74) is 2.64. The zero-order valence-electron chi connectivity index (χ0n) is 11.0. The van der Waals surface area contributed by atoms with E-state index in [1.54, 1.807) is 12.5 Å². The lowest BCUT2D eigenvalue weighted by molar-refractivity contribution is 0.558. The smallest absolute Gasteiger partial charge is 0.230 e. The van der Waals surface area contributed by atoms with Crippen LogP contribution in [0.2, 0.25) is 0 Å². The Labute approximate surface area is 111 Å². The lowest BCUT2D eigenvalue weighted by Gasteiger charge is -2.03. The van der Waals surface area contributed by atoms with Gasteiger partial charge < -0.3 is 14.2 Å². The Morgan fingerprint density at radius 3 is 2.84 bits per heavy atom. The van der Waals surface area contributed by atoms with Crippen LogP contribution in [-0.2, 0) is 6.54 Å². The van der Waals surface area contributed by atoms with Crippen molar-refractivity contribution in [3.63, 3.8) is 0 Å². The van der Waals surface area contributed by atoms with Crippen molar-refractivity contribution < 1.29 is 8.83 Å². The van der Waals surface area contributed by atoms with Gasteiger partial charge in [-0.05, 0) is 6.07 Å². The fourth-order valence-corrected chi connectivity index (χ4v) is 1.96. The minimum Gasteiger partial charge on any atom is -0.463 e. The fraction of sp³-hybridized carbons (Fsp3) is 0.267. The first-order valence-electron chi connectivity index (χ1n) is 6.38. The van der Waals surface area contributed by atoms with Gasteiger partial charge in [-0.3, -0.25) is 0 Å². The molecule has 0 radical (unpaired) electrons. The molecule has 0 spiro atoms. The predicted molar refractivity (Wildman–Crippen MR) is 73.7 cm³/mol. The van der Waals surface area contributed by atoms with Gasteiger partial charge in [0.2, 0.25) is 5.89 Å². The normalized spacial score (nSPS) is 11.5. The van der Waals surface area contributed by atoms with Crippen molar-refractivity contribution in [2.24, 2.45) is 0 Å². The van der Waals surface area contributed by atoms with Crippen LogP contribution in [0, 0.1) is 0 Å². The molecule has 0 saturated carbocycles. The molecule has 1 aromatic carbocycles. The molecule has 3 aromatic rings. The van der Waals surface area contributed by atoms with Gasteiger partial charge in [0.1, 0.15) is 18.1 Å². The van der Waals surface area contributed by atoms with Gasteiger partial charge in [-0.1, -0.05) is 32.0 Å². The van der Waals surface area contributed by atoms with E-state index in [0.717, 1.165) is 22.2 Å². The van der Waals surface area contributed by atoms with Crippen molar-refractivity contribution >= 4 is 11.0 Å². The van der Waals surface area contributed by atoms with Crippen molar-refractivity contribution in [2.75, 3.05) is 0 Å². The van der Waals surface area contributed by atoms with Gasteiger partial charge in [0.25, 0.3) is 0 Å². The summed E-state index contributed by atoms with van der Waals surface area (Å²) >= 11 is 0. The van der Waals surface area contributed by atoms with E-state index in [1.165, 1.54) is 0 Å². The molecule has 0 bridgehead atoms. The average Bonchev–Trinajstić information content (AvgIpc) is 3.02. The Morgan fingerprint density at radius 2 is 2.00 bits per heavy atom. The van der Waals surface area contributed by atoms with Crippen molar-refractivity contribution in [3.8, 4) is 11.5 Å². The van der Waals surface area contributed by atoms with Gasteiger partial charge in [-0.25, -0.2) is 4.98 Å². The van der Waals surface area contributed by atoms with E-state index in [4.69, 9.17) is 8.83 Å². The van der Waals surface area contributed by atoms with Crippen LogP contribution >= 0.6 is 0 Å². The van der Waals surface area contributed by atoms with E-state index < -0.39 is 0 Å². The zero-order chi connectivity index (χ0) is 13.2. The topological polar surface area (TPSA) is 51.2 Å². The maximum atomic E-state index is 5.54. The second kappa shape index (κ2) is 4.90. The van der Waals surface area contributed by atoms with Crippen molar-refractivity contribution in [3.05, 3.63) is 42.5 Å². The molecule has 0 fully saturated rings. The third kappa shape index (κ3) is 2.39. The molecule has 0 amide bonds. The van der Waals surface area contributed by atoms with E-state index in [1.807, 2.05) is 24.3 Å². The van der Waals surface area contributed by atoms with Gasteiger partial charge in [-0.15, -0.1) is 0 Å². The third-order valence-electron chi connectivity index (χ3n) is 2.95. The Bertz CT molecular complexity index is 682. The lowest BCUT2D eigenvalue weighted by atomic mass is 10.2. The number of benzene rings is 1. The van der Waals surface area contributed by atoms with Crippen LogP contribution in [-0.4, -0.2) is 11.0 Å². The van der Waals surface area contributed by atoms with Crippen LogP contribution < -0.4 is 5.32 Å².